The van der Waals surface area contributed by atoms with Gasteiger partial charge in [-0.05, 0) is 54.1 Å². The highest BCUT2D eigenvalue weighted by Crippen LogP contribution is 2.19. The molecule has 3 rings (SSSR count). The molecule has 0 fully saturated rings. The van der Waals surface area contributed by atoms with E-state index in [1.807, 2.05) is 48.5 Å². The molecule has 0 saturated carbocycles. The molecule has 1 aromatic heterocycles. The molecule has 0 bridgehead atoms. The van der Waals surface area contributed by atoms with E-state index in [1.165, 1.54) is 16.0 Å². The van der Waals surface area contributed by atoms with Gasteiger partial charge in [-0.3, -0.25) is 0 Å². The van der Waals surface area contributed by atoms with Gasteiger partial charge in [0.05, 0.1) is 26.1 Å². The zero-order valence-electron chi connectivity index (χ0n) is 14.8. The summed E-state index contributed by atoms with van der Waals surface area (Å²) in [5, 5.41) is 14.2. The van der Waals surface area contributed by atoms with Crippen molar-refractivity contribution in [2.45, 2.75) is 0 Å². The molecular formula is C19H17N5O2S. The maximum absolute atomic E-state index is 9.42. The van der Waals surface area contributed by atoms with E-state index in [1.54, 1.807) is 20.4 Å². The van der Waals surface area contributed by atoms with E-state index < -0.39 is 0 Å². The van der Waals surface area contributed by atoms with Crippen LogP contribution in [0.4, 0.5) is 10.7 Å². The van der Waals surface area contributed by atoms with Crippen LogP contribution in [0.3, 0.4) is 0 Å². The molecule has 0 aliphatic rings. The van der Waals surface area contributed by atoms with Gasteiger partial charge in [0, 0.05) is 0 Å². The van der Waals surface area contributed by atoms with E-state index >= 15 is 0 Å². The van der Waals surface area contributed by atoms with E-state index in [9.17, 15) is 5.26 Å². The molecule has 27 heavy (non-hydrogen) atoms. The van der Waals surface area contributed by atoms with Gasteiger partial charge in [0.1, 0.15) is 22.6 Å². The van der Waals surface area contributed by atoms with Crippen LogP contribution in [-0.4, -0.2) is 25.1 Å². The van der Waals surface area contributed by atoms with Gasteiger partial charge in [0.15, 0.2) is 5.69 Å². The number of benzene rings is 2. The first-order chi connectivity index (χ1) is 13.1. The SMILES string of the molecule is COc1ccc(/C=N/n2c(C#N)c(N)sc2=Nc2ccc(OC)cc2)cc1. The van der Waals surface area contributed by atoms with Crippen molar-refractivity contribution < 1.29 is 9.47 Å². The molecule has 0 atom stereocenters. The zero-order valence-corrected chi connectivity index (χ0v) is 15.6. The lowest BCUT2D eigenvalue weighted by Gasteiger charge is -2.00. The average Bonchev–Trinajstić information content (AvgIpc) is 3.01. The third-order valence-electron chi connectivity index (χ3n) is 3.67. The monoisotopic (exact) mass is 379 g/mol. The Morgan fingerprint density at radius 2 is 1.63 bits per heavy atom. The molecule has 0 radical (unpaired) electrons. The lowest BCUT2D eigenvalue weighted by atomic mass is 10.2. The average molecular weight is 379 g/mol. The fourth-order valence-corrected chi connectivity index (χ4v) is 3.05. The molecule has 2 aromatic carbocycles. The number of aromatic nitrogens is 1. The van der Waals surface area contributed by atoms with Gasteiger partial charge in [-0.25, -0.2) is 4.99 Å². The molecule has 2 N–H and O–H groups in total. The van der Waals surface area contributed by atoms with E-state index in [0.717, 1.165) is 17.1 Å². The second-order valence-electron chi connectivity index (χ2n) is 5.35. The molecule has 7 nitrogen and oxygen atoms in total. The number of hydrogen-bond donors (Lipinski definition) is 1. The first kappa shape index (κ1) is 18.2. The van der Waals surface area contributed by atoms with Gasteiger partial charge in [-0.15, -0.1) is 0 Å². The predicted molar refractivity (Wildman–Crippen MR) is 106 cm³/mol. The van der Waals surface area contributed by atoms with Crippen LogP contribution in [0.2, 0.25) is 0 Å². The number of ether oxygens (including phenoxy) is 2. The molecule has 3 aromatic rings. The Morgan fingerprint density at radius 3 is 2.19 bits per heavy atom. The van der Waals surface area contributed by atoms with Crippen molar-refractivity contribution in [3.63, 3.8) is 0 Å². The molecule has 0 saturated heterocycles. The van der Waals surface area contributed by atoms with Crippen LogP contribution in [0.5, 0.6) is 11.5 Å². The lowest BCUT2D eigenvalue weighted by Crippen LogP contribution is -2.12. The summed E-state index contributed by atoms with van der Waals surface area (Å²) in [5.41, 5.74) is 7.77. The van der Waals surface area contributed by atoms with Crippen molar-refractivity contribution in [3.8, 4) is 17.6 Å². The van der Waals surface area contributed by atoms with Crippen LogP contribution in [0.15, 0.2) is 58.6 Å². The van der Waals surface area contributed by atoms with Crippen molar-refractivity contribution in [1.82, 2.24) is 4.68 Å². The normalized spacial score (nSPS) is 11.5. The first-order valence-corrected chi connectivity index (χ1v) is 8.75. The topological polar surface area (TPSA) is 97.9 Å². The van der Waals surface area contributed by atoms with E-state index in [0.29, 0.717) is 15.5 Å². The Morgan fingerprint density at radius 1 is 1.04 bits per heavy atom. The largest absolute Gasteiger partial charge is 0.497 e. The highest BCUT2D eigenvalue weighted by molar-refractivity contribution is 7.13. The van der Waals surface area contributed by atoms with Crippen LogP contribution in [0.1, 0.15) is 11.3 Å². The molecular weight excluding hydrogens is 362 g/mol. The Balaban J connectivity index is 2.01. The molecule has 136 valence electrons. The number of nitrogens with two attached hydrogens (primary N) is 1. The summed E-state index contributed by atoms with van der Waals surface area (Å²) in [5.74, 6) is 1.50. The van der Waals surface area contributed by atoms with Gasteiger partial charge < -0.3 is 15.2 Å². The summed E-state index contributed by atoms with van der Waals surface area (Å²) in [4.78, 5) is 5.05. The minimum Gasteiger partial charge on any atom is -0.497 e. The lowest BCUT2D eigenvalue weighted by molar-refractivity contribution is 0.414. The molecule has 8 heteroatoms. The van der Waals surface area contributed by atoms with Crippen molar-refractivity contribution >= 4 is 28.2 Å². The second kappa shape index (κ2) is 8.21. The van der Waals surface area contributed by atoms with Gasteiger partial charge in [-0.2, -0.15) is 15.0 Å². The van der Waals surface area contributed by atoms with Gasteiger partial charge in [0.2, 0.25) is 4.80 Å². The number of nitriles is 1. The van der Waals surface area contributed by atoms with Crippen LogP contribution in [0.25, 0.3) is 0 Å². The Hall–Kier alpha value is -3.57. The maximum atomic E-state index is 9.42. The summed E-state index contributed by atoms with van der Waals surface area (Å²) in [6.45, 7) is 0. The van der Waals surface area contributed by atoms with E-state index in [2.05, 4.69) is 16.2 Å². The van der Waals surface area contributed by atoms with E-state index in [-0.39, 0.29) is 5.69 Å². The Bertz CT molecular complexity index is 1060. The quantitative estimate of drug-likeness (QED) is 0.689. The fourth-order valence-electron chi connectivity index (χ4n) is 2.25. The minimum absolute atomic E-state index is 0.247. The fraction of sp³-hybridized carbons (Fsp3) is 0.105. The second-order valence-corrected chi connectivity index (χ2v) is 6.36. The first-order valence-electron chi connectivity index (χ1n) is 7.93. The summed E-state index contributed by atoms with van der Waals surface area (Å²) < 4.78 is 11.7. The van der Waals surface area contributed by atoms with Crippen molar-refractivity contribution in [2.24, 2.45) is 10.1 Å². The van der Waals surface area contributed by atoms with E-state index in [4.69, 9.17) is 15.2 Å². The highest BCUT2D eigenvalue weighted by atomic mass is 32.1. The van der Waals surface area contributed by atoms with Crippen molar-refractivity contribution in [2.75, 3.05) is 20.0 Å². The Labute approximate surface area is 160 Å². The number of hydrogen-bond acceptors (Lipinski definition) is 7. The highest BCUT2D eigenvalue weighted by Gasteiger charge is 2.10. The number of nitrogens with zero attached hydrogens (tertiary/aromatic N) is 4. The molecule has 0 unspecified atom stereocenters. The zero-order chi connectivity index (χ0) is 19.2. The van der Waals surface area contributed by atoms with Gasteiger partial charge >= 0.3 is 0 Å². The molecule has 1 heterocycles. The third-order valence-corrected chi connectivity index (χ3v) is 4.53. The summed E-state index contributed by atoms with van der Waals surface area (Å²) in [6.07, 6.45) is 1.64. The van der Waals surface area contributed by atoms with Crippen molar-refractivity contribution in [1.29, 1.82) is 5.26 Å². The van der Waals surface area contributed by atoms with Crippen LogP contribution < -0.4 is 20.0 Å². The van der Waals surface area contributed by atoms with Crippen LogP contribution in [-0.2, 0) is 0 Å². The molecule has 0 aliphatic heterocycles. The Kier molecular flexibility index (Phi) is 5.54. The van der Waals surface area contributed by atoms with Crippen LogP contribution in [0, 0.1) is 11.3 Å². The number of rotatable bonds is 5. The summed E-state index contributed by atoms with van der Waals surface area (Å²) in [6, 6.07) is 16.7. The summed E-state index contributed by atoms with van der Waals surface area (Å²) >= 11 is 1.20. The number of methoxy groups -OCH3 is 2. The molecule has 0 amide bonds. The molecule has 0 aliphatic carbocycles. The minimum atomic E-state index is 0.247. The summed E-state index contributed by atoms with van der Waals surface area (Å²) in [7, 11) is 3.21. The van der Waals surface area contributed by atoms with Gasteiger partial charge in [-0.1, -0.05) is 11.3 Å². The maximum Gasteiger partial charge on any atom is 0.214 e. The van der Waals surface area contributed by atoms with Crippen molar-refractivity contribution in [3.05, 3.63) is 64.6 Å². The van der Waals surface area contributed by atoms with Gasteiger partial charge in [0.25, 0.3) is 0 Å². The predicted octanol–water partition coefficient (Wildman–Crippen LogP) is 3.14. The number of anilines is 1. The number of thiazole rings is 1. The third kappa shape index (κ3) is 4.16. The standard InChI is InChI=1S/C19H17N5O2S/c1-25-15-7-3-13(4-8-15)12-22-24-17(11-20)18(21)27-19(24)23-14-5-9-16(26-2)10-6-14/h3-10,12H,21H2,1-2H3/b22-12+,23-19?. The smallest absolute Gasteiger partial charge is 0.214 e. The van der Waals surface area contributed by atoms with Crippen LogP contribution >= 0.6 is 11.3 Å². The number of nitrogen functional groups attached to an aromatic ring is 1. The molecule has 0 spiro atoms.